The summed E-state index contributed by atoms with van der Waals surface area (Å²) in [6, 6.07) is 14.8. The van der Waals surface area contributed by atoms with Crippen molar-refractivity contribution in [3.8, 4) is 0 Å². The molecule has 0 aromatic heterocycles. The zero-order chi connectivity index (χ0) is 19.7. The van der Waals surface area contributed by atoms with Crippen LogP contribution in [0.3, 0.4) is 0 Å². The molecule has 1 aliphatic carbocycles. The van der Waals surface area contributed by atoms with E-state index in [2.05, 4.69) is 5.32 Å². The lowest BCUT2D eigenvalue weighted by Gasteiger charge is -2.12. The first kappa shape index (κ1) is 18.6. The maximum absolute atomic E-state index is 13.1. The van der Waals surface area contributed by atoms with Gasteiger partial charge in [0.25, 0.3) is 0 Å². The minimum atomic E-state index is -4.46. The number of carbonyl (C=O) groups excluding carboxylic acids is 1. The summed E-state index contributed by atoms with van der Waals surface area (Å²) < 4.78 is 45.2. The van der Waals surface area contributed by atoms with Gasteiger partial charge in [0.2, 0.25) is 5.78 Å². The van der Waals surface area contributed by atoms with Gasteiger partial charge in [-0.3, -0.25) is 4.79 Å². The molecule has 0 bridgehead atoms. The standard InChI is InChI=1S/C22H20F3NO2/c23-22(24,25)16-8-4-7-15(13-16)19-20(27)18(28-21(19)26-17-10-11-17)12-9-14-5-2-1-3-6-14/h1-8,13,17-18,26H,9-12H2. The number of alkyl halides is 3. The first-order valence-electron chi connectivity index (χ1n) is 9.35. The SMILES string of the molecule is O=C1C(c2cccc(C(F)(F)F)c2)=C(NC2CC2)OC1CCc1ccccc1. The number of ketones is 1. The van der Waals surface area contributed by atoms with Gasteiger partial charge in [0.1, 0.15) is 0 Å². The lowest BCUT2D eigenvalue weighted by atomic mass is 9.96. The fraction of sp³-hybridized carbons (Fsp3) is 0.318. The van der Waals surface area contributed by atoms with Gasteiger partial charge in [-0.1, -0.05) is 42.5 Å². The van der Waals surface area contributed by atoms with Crippen LogP contribution in [-0.4, -0.2) is 17.9 Å². The molecule has 2 aromatic rings. The quantitative estimate of drug-likeness (QED) is 0.779. The summed E-state index contributed by atoms with van der Waals surface area (Å²) in [4.78, 5) is 13.0. The number of hydrogen-bond donors (Lipinski definition) is 1. The van der Waals surface area contributed by atoms with Crippen molar-refractivity contribution in [2.45, 2.75) is 44.0 Å². The molecule has 3 nitrogen and oxygen atoms in total. The number of hydrogen-bond acceptors (Lipinski definition) is 3. The van der Waals surface area contributed by atoms with Crippen LogP contribution in [0.2, 0.25) is 0 Å². The van der Waals surface area contributed by atoms with Crippen molar-refractivity contribution in [1.29, 1.82) is 0 Å². The van der Waals surface area contributed by atoms with Crippen molar-refractivity contribution >= 4 is 11.4 Å². The number of ether oxygens (including phenoxy) is 1. The van der Waals surface area contributed by atoms with Crippen molar-refractivity contribution < 1.29 is 22.7 Å². The fourth-order valence-electron chi connectivity index (χ4n) is 3.30. The largest absolute Gasteiger partial charge is 0.467 e. The Bertz CT molecular complexity index is 901. The maximum Gasteiger partial charge on any atom is 0.416 e. The molecule has 6 heteroatoms. The van der Waals surface area contributed by atoms with Crippen LogP contribution in [0.15, 0.2) is 60.5 Å². The third kappa shape index (κ3) is 4.06. The van der Waals surface area contributed by atoms with Gasteiger partial charge in [-0.05, 0) is 48.9 Å². The predicted octanol–water partition coefficient (Wildman–Crippen LogP) is 4.73. The molecule has 146 valence electrons. The Hall–Kier alpha value is -2.76. The molecule has 1 atom stereocenters. The second-order valence-electron chi connectivity index (χ2n) is 7.20. The Morgan fingerprint density at radius 2 is 1.79 bits per heavy atom. The summed E-state index contributed by atoms with van der Waals surface area (Å²) in [6.45, 7) is 0. The summed E-state index contributed by atoms with van der Waals surface area (Å²) in [5.41, 5.74) is 0.771. The van der Waals surface area contributed by atoms with E-state index in [9.17, 15) is 18.0 Å². The fourth-order valence-corrected chi connectivity index (χ4v) is 3.30. The molecule has 1 aliphatic heterocycles. The normalized spacial score (nSPS) is 19.7. The maximum atomic E-state index is 13.1. The van der Waals surface area contributed by atoms with Gasteiger partial charge in [0, 0.05) is 6.04 Å². The van der Waals surface area contributed by atoms with Crippen LogP contribution < -0.4 is 5.32 Å². The predicted molar refractivity (Wildman–Crippen MR) is 99.2 cm³/mol. The van der Waals surface area contributed by atoms with Gasteiger partial charge in [0.05, 0.1) is 11.1 Å². The van der Waals surface area contributed by atoms with Gasteiger partial charge in [-0.15, -0.1) is 0 Å². The molecule has 1 N–H and O–H groups in total. The molecule has 1 unspecified atom stereocenters. The highest BCUT2D eigenvalue weighted by Gasteiger charge is 2.39. The molecule has 0 saturated heterocycles. The molecular weight excluding hydrogens is 367 g/mol. The number of aryl methyl sites for hydroxylation is 1. The van der Waals surface area contributed by atoms with Gasteiger partial charge in [-0.2, -0.15) is 13.2 Å². The molecule has 1 heterocycles. The number of Topliss-reactive ketones (excluding diaryl/α,β-unsaturated/α-hetero) is 1. The Labute approximate surface area is 161 Å². The van der Waals surface area contributed by atoms with E-state index in [1.165, 1.54) is 12.1 Å². The third-order valence-corrected chi connectivity index (χ3v) is 4.96. The van der Waals surface area contributed by atoms with E-state index < -0.39 is 17.8 Å². The summed E-state index contributed by atoms with van der Waals surface area (Å²) >= 11 is 0. The Balaban J connectivity index is 1.58. The lowest BCUT2D eigenvalue weighted by Crippen LogP contribution is -2.21. The smallest absolute Gasteiger partial charge is 0.416 e. The number of nitrogens with one attached hydrogen (secondary N) is 1. The summed E-state index contributed by atoms with van der Waals surface area (Å²) in [6.07, 6.45) is -2.09. The summed E-state index contributed by atoms with van der Waals surface area (Å²) in [5.74, 6) is 0.0447. The van der Waals surface area contributed by atoms with Crippen molar-refractivity contribution in [3.63, 3.8) is 0 Å². The van der Waals surface area contributed by atoms with E-state index in [1.54, 1.807) is 0 Å². The third-order valence-electron chi connectivity index (χ3n) is 4.96. The van der Waals surface area contributed by atoms with E-state index in [1.807, 2.05) is 30.3 Å². The second kappa shape index (κ2) is 7.34. The average Bonchev–Trinajstić information content (AvgIpc) is 3.43. The Morgan fingerprint density at radius 3 is 2.46 bits per heavy atom. The lowest BCUT2D eigenvalue weighted by molar-refractivity contribution is -0.137. The first-order chi connectivity index (χ1) is 13.4. The summed E-state index contributed by atoms with van der Waals surface area (Å²) in [7, 11) is 0. The Kier molecular flexibility index (Phi) is 4.87. The average molecular weight is 387 g/mol. The highest BCUT2D eigenvalue weighted by atomic mass is 19.4. The van der Waals surface area contributed by atoms with E-state index >= 15 is 0 Å². The van der Waals surface area contributed by atoms with Gasteiger partial charge in [-0.25, -0.2) is 0 Å². The molecule has 1 fully saturated rings. The van der Waals surface area contributed by atoms with Crippen LogP contribution >= 0.6 is 0 Å². The molecule has 4 rings (SSSR count). The minimum absolute atomic E-state index is 0.219. The molecule has 2 aliphatic rings. The summed E-state index contributed by atoms with van der Waals surface area (Å²) in [5, 5.41) is 3.17. The van der Waals surface area contributed by atoms with Crippen molar-refractivity contribution in [3.05, 3.63) is 77.2 Å². The van der Waals surface area contributed by atoms with Crippen LogP contribution in [0.5, 0.6) is 0 Å². The molecule has 0 spiro atoms. The second-order valence-corrected chi connectivity index (χ2v) is 7.20. The van der Waals surface area contributed by atoms with E-state index in [-0.39, 0.29) is 23.0 Å². The van der Waals surface area contributed by atoms with Crippen LogP contribution in [0.1, 0.15) is 36.0 Å². The Morgan fingerprint density at radius 1 is 1.04 bits per heavy atom. The highest BCUT2D eigenvalue weighted by Crippen LogP contribution is 2.36. The van der Waals surface area contributed by atoms with Crippen molar-refractivity contribution in [2.75, 3.05) is 0 Å². The van der Waals surface area contributed by atoms with Crippen molar-refractivity contribution in [2.24, 2.45) is 0 Å². The van der Waals surface area contributed by atoms with Gasteiger partial charge < -0.3 is 10.1 Å². The number of rotatable bonds is 6. The van der Waals surface area contributed by atoms with Crippen molar-refractivity contribution in [1.82, 2.24) is 5.32 Å². The molecule has 28 heavy (non-hydrogen) atoms. The zero-order valence-corrected chi connectivity index (χ0v) is 15.1. The van der Waals surface area contributed by atoms with Gasteiger partial charge >= 0.3 is 6.18 Å². The van der Waals surface area contributed by atoms with E-state index in [4.69, 9.17) is 4.74 Å². The molecular formula is C22H20F3NO2. The molecule has 2 aromatic carbocycles. The minimum Gasteiger partial charge on any atom is -0.467 e. The molecule has 0 amide bonds. The monoisotopic (exact) mass is 387 g/mol. The number of halogens is 3. The van der Waals surface area contributed by atoms with Crippen LogP contribution in [0.4, 0.5) is 13.2 Å². The van der Waals surface area contributed by atoms with Crippen LogP contribution in [-0.2, 0) is 22.1 Å². The number of carbonyl (C=O) groups is 1. The van der Waals surface area contributed by atoms with E-state index in [0.717, 1.165) is 30.5 Å². The van der Waals surface area contributed by atoms with E-state index in [0.29, 0.717) is 18.7 Å². The molecule has 0 radical (unpaired) electrons. The van der Waals surface area contributed by atoms with Gasteiger partial charge in [0.15, 0.2) is 12.0 Å². The zero-order valence-electron chi connectivity index (χ0n) is 15.1. The molecule has 1 saturated carbocycles. The number of benzene rings is 2. The first-order valence-corrected chi connectivity index (χ1v) is 9.35. The highest BCUT2D eigenvalue weighted by molar-refractivity contribution is 6.25. The van der Waals surface area contributed by atoms with Crippen LogP contribution in [0.25, 0.3) is 5.57 Å². The topological polar surface area (TPSA) is 38.3 Å². The van der Waals surface area contributed by atoms with Crippen LogP contribution in [0, 0.1) is 0 Å².